The number of benzene rings is 4. The van der Waals surface area contributed by atoms with Crippen LogP contribution in [0.15, 0.2) is 133 Å². The largest absolute Gasteiger partial charge is 4.00 e. The monoisotopic (exact) mass is 690 g/mol. The zero-order valence-electron chi connectivity index (χ0n) is 24.0. The van der Waals surface area contributed by atoms with Crippen LogP contribution in [0.25, 0.3) is 21.5 Å². The minimum absolute atomic E-state index is 0. The summed E-state index contributed by atoms with van der Waals surface area (Å²) in [5, 5.41) is 11.2. The maximum Gasteiger partial charge on any atom is 4.00 e. The first-order valence-electron chi connectivity index (χ1n) is 13.5. The fraction of sp³-hybridized carbons (Fsp3) is 0.167. The average Bonchev–Trinajstić information content (AvgIpc) is 3.54. The van der Waals surface area contributed by atoms with E-state index in [0.717, 1.165) is 11.3 Å². The van der Waals surface area contributed by atoms with Crippen molar-refractivity contribution in [2.24, 2.45) is 0 Å². The van der Waals surface area contributed by atoms with E-state index in [2.05, 4.69) is 161 Å². The van der Waals surface area contributed by atoms with Gasteiger partial charge >= 0.3 is 26.2 Å². The molecule has 0 N–H and O–H groups in total. The topological polar surface area (TPSA) is 0 Å². The fourth-order valence-corrected chi connectivity index (χ4v) is 10.7. The quantitative estimate of drug-likeness (QED) is 0.186. The summed E-state index contributed by atoms with van der Waals surface area (Å²) in [6, 6.07) is 48.5. The summed E-state index contributed by atoms with van der Waals surface area (Å²) in [6.07, 6.45) is 0. The average molecular weight is 693 g/mol. The van der Waals surface area contributed by atoms with Crippen LogP contribution in [0, 0.1) is 0 Å². The van der Waals surface area contributed by atoms with Crippen LogP contribution in [-0.4, -0.2) is 11.3 Å². The van der Waals surface area contributed by atoms with Crippen molar-refractivity contribution in [3.05, 3.63) is 133 Å². The fourth-order valence-electron chi connectivity index (χ4n) is 5.34. The Hall–Kier alpha value is -1.58. The van der Waals surface area contributed by atoms with Crippen molar-refractivity contribution >= 4 is 58.6 Å². The Labute approximate surface area is 280 Å². The second kappa shape index (κ2) is 16.9. The molecule has 6 rings (SSSR count). The molecule has 5 heteroatoms. The number of halogens is 2. The molecular formula is C36H36Cl2P2Zr. The van der Waals surface area contributed by atoms with E-state index >= 15 is 0 Å². The molecule has 0 aromatic heterocycles. The van der Waals surface area contributed by atoms with Crippen LogP contribution in [0.5, 0.6) is 0 Å². The molecule has 0 amide bonds. The molecule has 0 aliphatic rings. The Morgan fingerprint density at radius 3 is 1.27 bits per heavy atom. The van der Waals surface area contributed by atoms with Gasteiger partial charge in [-0.25, -0.2) is 0 Å². The predicted octanol–water partition coefficient (Wildman–Crippen LogP) is 2.81. The molecule has 6 aromatic carbocycles. The van der Waals surface area contributed by atoms with Gasteiger partial charge in [-0.2, -0.15) is 12.1 Å². The Kier molecular flexibility index (Phi) is 14.7. The van der Waals surface area contributed by atoms with Gasteiger partial charge in [0.05, 0.1) is 0 Å². The van der Waals surface area contributed by atoms with Gasteiger partial charge in [-0.15, -0.1) is 80.7 Å². The number of hydrogen-bond acceptors (Lipinski definition) is 0. The molecule has 0 heterocycles. The summed E-state index contributed by atoms with van der Waals surface area (Å²) in [7, 11) is -0.513. The second-order valence-corrected chi connectivity index (χ2v) is 15.9. The van der Waals surface area contributed by atoms with Crippen molar-refractivity contribution in [2.45, 2.75) is 39.0 Å². The second-order valence-electron chi connectivity index (χ2n) is 10.3. The van der Waals surface area contributed by atoms with E-state index in [4.69, 9.17) is 0 Å². The summed E-state index contributed by atoms with van der Waals surface area (Å²) >= 11 is 0. The van der Waals surface area contributed by atoms with Gasteiger partial charge in [0, 0.05) is 0 Å². The van der Waals surface area contributed by atoms with Crippen LogP contribution in [0.2, 0.25) is 0 Å². The van der Waals surface area contributed by atoms with E-state index < -0.39 is 7.92 Å². The summed E-state index contributed by atoms with van der Waals surface area (Å²) in [5.41, 5.74) is 1.54. The van der Waals surface area contributed by atoms with Gasteiger partial charge in [0.15, 0.2) is 0 Å². The summed E-state index contributed by atoms with van der Waals surface area (Å²) in [4.78, 5) is 0. The molecule has 0 aliphatic heterocycles. The first-order valence-corrected chi connectivity index (χ1v) is 16.3. The van der Waals surface area contributed by atoms with Crippen LogP contribution < -0.4 is 46.0 Å². The molecule has 6 aromatic rings. The Balaban J connectivity index is 0.000000279. The summed E-state index contributed by atoms with van der Waals surface area (Å²) < 4.78 is 0. The normalized spacial score (nSPS) is 10.7. The standard InChI is InChI=1S/C21H16P.C15H20P.2ClH.Zr/c1-3-11-19(12-4-1)22(20-13-5-2-6-14-20)21-15-17-9-7-8-10-18(17)16-21;1-11(2)16(12(3)4)15-9-13-7-5-6-8-14(13)10-15;;;/h1-16H;5-12H,1-4H3;2*1H;/q2*-1;;;+4/p-2. The van der Waals surface area contributed by atoms with Crippen LogP contribution in [0.3, 0.4) is 0 Å². The third-order valence-corrected chi connectivity index (χ3v) is 12.4. The molecule has 0 aliphatic carbocycles. The zero-order chi connectivity index (χ0) is 26.5. The van der Waals surface area contributed by atoms with Crippen LogP contribution >= 0.6 is 15.8 Å². The van der Waals surface area contributed by atoms with Gasteiger partial charge in [-0.05, 0) is 29.8 Å². The van der Waals surface area contributed by atoms with Crippen molar-refractivity contribution in [3.63, 3.8) is 0 Å². The maximum absolute atomic E-state index is 2.39. The smallest absolute Gasteiger partial charge is 1.00 e. The van der Waals surface area contributed by atoms with Gasteiger partial charge in [0.2, 0.25) is 0 Å². The van der Waals surface area contributed by atoms with E-state index in [1.165, 1.54) is 37.5 Å². The van der Waals surface area contributed by atoms with Crippen LogP contribution in [0.4, 0.5) is 0 Å². The van der Waals surface area contributed by atoms with E-state index in [1.807, 2.05) is 0 Å². The molecule has 208 valence electrons. The maximum atomic E-state index is 2.39. The van der Waals surface area contributed by atoms with Crippen molar-refractivity contribution in [3.8, 4) is 0 Å². The summed E-state index contributed by atoms with van der Waals surface area (Å²) in [6.45, 7) is 9.40. The third kappa shape index (κ3) is 8.73. The minimum atomic E-state index is -0.493. The first-order chi connectivity index (χ1) is 18.5. The van der Waals surface area contributed by atoms with Crippen molar-refractivity contribution in [1.29, 1.82) is 0 Å². The molecule has 0 bridgehead atoms. The van der Waals surface area contributed by atoms with Crippen molar-refractivity contribution in [1.82, 2.24) is 0 Å². The van der Waals surface area contributed by atoms with Gasteiger partial charge < -0.3 is 24.8 Å². The molecule has 0 atom stereocenters. The Bertz CT molecular complexity index is 1480. The van der Waals surface area contributed by atoms with Gasteiger partial charge in [0.25, 0.3) is 0 Å². The Morgan fingerprint density at radius 1 is 0.488 bits per heavy atom. The predicted molar refractivity (Wildman–Crippen MR) is 175 cm³/mol. The molecule has 0 spiro atoms. The molecule has 0 unspecified atom stereocenters. The SMILES string of the molecule is CC(C)P(c1cc2ccccc2[cH-]1)C(C)C.[Cl-].[Cl-].[Zr+4].c1ccc(P(c2ccccc2)c2cc3ccccc3[cH-]2)cc1. The van der Waals surface area contributed by atoms with Crippen molar-refractivity contribution in [2.75, 3.05) is 0 Å². The number of rotatable bonds is 6. The van der Waals surface area contributed by atoms with E-state index in [1.54, 1.807) is 5.30 Å². The van der Waals surface area contributed by atoms with Gasteiger partial charge in [0.1, 0.15) is 0 Å². The van der Waals surface area contributed by atoms with Crippen molar-refractivity contribution < 1.29 is 51.0 Å². The molecule has 0 saturated carbocycles. The molecule has 0 fully saturated rings. The van der Waals surface area contributed by atoms with Gasteiger partial charge in [-0.1, -0.05) is 108 Å². The van der Waals surface area contributed by atoms with E-state index in [0.29, 0.717) is 0 Å². The molecule has 0 nitrogen and oxygen atoms in total. The first kappa shape index (κ1) is 35.6. The minimum Gasteiger partial charge on any atom is -1.00 e. The van der Waals surface area contributed by atoms with Crippen LogP contribution in [0.1, 0.15) is 27.7 Å². The van der Waals surface area contributed by atoms with E-state index in [9.17, 15) is 0 Å². The number of hydrogen-bond donors (Lipinski definition) is 0. The molecular weight excluding hydrogens is 656 g/mol. The van der Waals surface area contributed by atoms with Gasteiger partial charge in [-0.3, -0.25) is 0 Å². The third-order valence-electron chi connectivity index (χ3n) is 6.90. The van der Waals surface area contributed by atoms with Crippen LogP contribution in [-0.2, 0) is 26.2 Å². The summed E-state index contributed by atoms with van der Waals surface area (Å²) in [5.74, 6) is 0. The number of fused-ring (bicyclic) bond motifs is 2. The molecule has 0 radical (unpaired) electrons. The molecule has 41 heavy (non-hydrogen) atoms. The Morgan fingerprint density at radius 2 is 0.854 bits per heavy atom. The zero-order valence-corrected chi connectivity index (χ0v) is 29.8. The van der Waals surface area contributed by atoms with E-state index in [-0.39, 0.29) is 58.9 Å². The molecule has 0 saturated heterocycles.